The van der Waals surface area contributed by atoms with E-state index < -0.39 is 12.5 Å². The molecule has 1 atom stereocenters. The van der Waals surface area contributed by atoms with Crippen LogP contribution in [0.4, 0.5) is 8.78 Å². The molecule has 5 heteroatoms. The SMILES string of the molecule is COCC(F)(F)c1cccc([C@@H](C)N)c1.Cl. The van der Waals surface area contributed by atoms with Crippen molar-refractivity contribution >= 4 is 12.4 Å². The summed E-state index contributed by atoms with van der Waals surface area (Å²) in [5.74, 6) is -2.96. The van der Waals surface area contributed by atoms with Crippen LogP contribution in [0, 0.1) is 0 Å². The minimum Gasteiger partial charge on any atom is -0.378 e. The summed E-state index contributed by atoms with van der Waals surface area (Å²) in [6, 6.07) is 5.87. The summed E-state index contributed by atoms with van der Waals surface area (Å²) in [6.45, 7) is 1.14. The monoisotopic (exact) mass is 251 g/mol. The number of benzene rings is 1. The Morgan fingerprint density at radius 3 is 2.56 bits per heavy atom. The number of rotatable bonds is 4. The first-order valence-corrected chi connectivity index (χ1v) is 4.70. The van der Waals surface area contributed by atoms with Gasteiger partial charge in [-0.1, -0.05) is 18.2 Å². The summed E-state index contributed by atoms with van der Waals surface area (Å²) in [7, 11) is 1.25. The third kappa shape index (κ3) is 3.70. The second-order valence-electron chi connectivity index (χ2n) is 3.55. The molecule has 0 radical (unpaired) electrons. The third-order valence-electron chi connectivity index (χ3n) is 2.16. The first kappa shape index (κ1) is 15.3. The summed E-state index contributed by atoms with van der Waals surface area (Å²) in [4.78, 5) is 0. The summed E-state index contributed by atoms with van der Waals surface area (Å²) >= 11 is 0. The molecule has 2 N–H and O–H groups in total. The molecule has 0 aliphatic rings. The van der Waals surface area contributed by atoms with Crippen molar-refractivity contribution < 1.29 is 13.5 Å². The highest BCUT2D eigenvalue weighted by atomic mass is 35.5. The molecule has 0 spiro atoms. The van der Waals surface area contributed by atoms with Crippen molar-refractivity contribution in [3.8, 4) is 0 Å². The molecular formula is C11H16ClF2NO. The molecule has 0 aliphatic heterocycles. The van der Waals surface area contributed by atoms with Gasteiger partial charge in [0.25, 0.3) is 5.92 Å². The molecule has 0 unspecified atom stereocenters. The van der Waals surface area contributed by atoms with Gasteiger partial charge in [-0.15, -0.1) is 12.4 Å². The normalized spacial score (nSPS) is 13.1. The number of alkyl halides is 2. The fourth-order valence-corrected chi connectivity index (χ4v) is 1.31. The van der Waals surface area contributed by atoms with Gasteiger partial charge in [0, 0.05) is 18.7 Å². The molecule has 0 bridgehead atoms. The molecule has 92 valence electrons. The fourth-order valence-electron chi connectivity index (χ4n) is 1.31. The van der Waals surface area contributed by atoms with E-state index in [9.17, 15) is 8.78 Å². The van der Waals surface area contributed by atoms with Crippen molar-refractivity contribution in [2.45, 2.75) is 18.9 Å². The van der Waals surface area contributed by atoms with Gasteiger partial charge in [0.05, 0.1) is 0 Å². The van der Waals surface area contributed by atoms with Gasteiger partial charge in [-0.05, 0) is 18.6 Å². The average molecular weight is 252 g/mol. The van der Waals surface area contributed by atoms with Gasteiger partial charge < -0.3 is 10.5 Å². The highest BCUT2D eigenvalue weighted by Gasteiger charge is 2.31. The summed E-state index contributed by atoms with van der Waals surface area (Å²) in [6.07, 6.45) is 0. The van der Waals surface area contributed by atoms with Crippen molar-refractivity contribution in [3.63, 3.8) is 0 Å². The van der Waals surface area contributed by atoms with E-state index in [0.717, 1.165) is 0 Å². The predicted octanol–water partition coefficient (Wildman–Crippen LogP) is 2.87. The van der Waals surface area contributed by atoms with Crippen LogP contribution in [0.3, 0.4) is 0 Å². The quantitative estimate of drug-likeness (QED) is 0.893. The number of ether oxygens (including phenoxy) is 1. The molecule has 0 saturated heterocycles. The number of halogens is 3. The van der Waals surface area contributed by atoms with E-state index in [-0.39, 0.29) is 24.0 Å². The lowest BCUT2D eigenvalue weighted by Crippen LogP contribution is -2.20. The van der Waals surface area contributed by atoms with Crippen LogP contribution in [0.1, 0.15) is 24.1 Å². The first-order valence-electron chi connectivity index (χ1n) is 4.70. The Kier molecular flexibility index (Phi) is 5.86. The number of hydrogen-bond acceptors (Lipinski definition) is 2. The first-order chi connectivity index (χ1) is 6.97. The van der Waals surface area contributed by atoms with Gasteiger partial charge in [0.15, 0.2) is 0 Å². The van der Waals surface area contributed by atoms with Crippen LogP contribution in [0.25, 0.3) is 0 Å². The van der Waals surface area contributed by atoms with Crippen molar-refractivity contribution in [2.24, 2.45) is 5.73 Å². The maximum Gasteiger partial charge on any atom is 0.296 e. The second-order valence-corrected chi connectivity index (χ2v) is 3.55. The standard InChI is InChI=1S/C11H15F2NO.ClH/c1-8(14)9-4-3-5-10(6-9)11(12,13)7-15-2;/h3-6,8H,7,14H2,1-2H3;1H/t8-;/m1./s1. The third-order valence-corrected chi connectivity index (χ3v) is 2.16. The molecule has 1 rings (SSSR count). The summed E-state index contributed by atoms with van der Waals surface area (Å²) < 4.78 is 31.3. The Labute approximate surface area is 100 Å². The second kappa shape index (κ2) is 6.13. The fraction of sp³-hybridized carbons (Fsp3) is 0.455. The van der Waals surface area contributed by atoms with Gasteiger partial charge in [-0.3, -0.25) is 0 Å². The van der Waals surface area contributed by atoms with E-state index in [0.29, 0.717) is 5.56 Å². The molecule has 0 saturated carbocycles. The topological polar surface area (TPSA) is 35.2 Å². The summed E-state index contributed by atoms with van der Waals surface area (Å²) in [5, 5.41) is 0. The van der Waals surface area contributed by atoms with Gasteiger partial charge >= 0.3 is 0 Å². The van der Waals surface area contributed by atoms with Gasteiger partial charge in [-0.2, -0.15) is 8.78 Å². The maximum absolute atomic E-state index is 13.4. The van der Waals surface area contributed by atoms with Gasteiger partial charge in [-0.25, -0.2) is 0 Å². The zero-order valence-electron chi connectivity index (χ0n) is 9.24. The lowest BCUT2D eigenvalue weighted by molar-refractivity contribution is -0.0698. The molecule has 0 fully saturated rings. The molecule has 1 aromatic carbocycles. The minimum atomic E-state index is -2.96. The Balaban J connectivity index is 0.00000225. The van der Waals surface area contributed by atoms with Crippen LogP contribution >= 0.6 is 12.4 Å². The van der Waals surface area contributed by atoms with Crippen LogP contribution in [0.2, 0.25) is 0 Å². The van der Waals surface area contributed by atoms with E-state index in [1.165, 1.54) is 19.2 Å². The van der Waals surface area contributed by atoms with E-state index in [2.05, 4.69) is 4.74 Å². The van der Waals surface area contributed by atoms with Crippen LogP contribution < -0.4 is 5.73 Å². The highest BCUT2D eigenvalue weighted by Crippen LogP contribution is 2.29. The van der Waals surface area contributed by atoms with Crippen LogP contribution in [-0.4, -0.2) is 13.7 Å². The molecule has 0 aliphatic carbocycles. The Morgan fingerprint density at radius 2 is 2.06 bits per heavy atom. The lowest BCUT2D eigenvalue weighted by atomic mass is 10.0. The number of hydrogen-bond donors (Lipinski definition) is 1. The Morgan fingerprint density at radius 1 is 1.44 bits per heavy atom. The molecule has 0 heterocycles. The highest BCUT2D eigenvalue weighted by molar-refractivity contribution is 5.85. The van der Waals surface area contributed by atoms with Crippen LogP contribution in [0.15, 0.2) is 24.3 Å². The minimum absolute atomic E-state index is 0. The number of nitrogens with two attached hydrogens (primary N) is 1. The maximum atomic E-state index is 13.4. The number of methoxy groups -OCH3 is 1. The largest absolute Gasteiger partial charge is 0.378 e. The van der Waals surface area contributed by atoms with Gasteiger partial charge in [0.1, 0.15) is 6.61 Å². The van der Waals surface area contributed by atoms with E-state index >= 15 is 0 Å². The molecule has 16 heavy (non-hydrogen) atoms. The van der Waals surface area contributed by atoms with Crippen molar-refractivity contribution in [1.82, 2.24) is 0 Å². The average Bonchev–Trinajstić information content (AvgIpc) is 2.18. The smallest absolute Gasteiger partial charge is 0.296 e. The van der Waals surface area contributed by atoms with Crippen molar-refractivity contribution in [1.29, 1.82) is 0 Å². The Bertz CT molecular complexity index is 332. The zero-order chi connectivity index (χ0) is 11.5. The van der Waals surface area contributed by atoms with Crippen molar-refractivity contribution in [3.05, 3.63) is 35.4 Å². The molecule has 2 nitrogen and oxygen atoms in total. The lowest BCUT2D eigenvalue weighted by Gasteiger charge is -2.17. The molecular weight excluding hydrogens is 236 g/mol. The zero-order valence-corrected chi connectivity index (χ0v) is 10.1. The van der Waals surface area contributed by atoms with Gasteiger partial charge in [0.2, 0.25) is 0 Å². The molecule has 0 aromatic heterocycles. The summed E-state index contributed by atoms with van der Waals surface area (Å²) in [5.41, 5.74) is 6.26. The van der Waals surface area contributed by atoms with Crippen LogP contribution in [-0.2, 0) is 10.7 Å². The van der Waals surface area contributed by atoms with Crippen LogP contribution in [0.5, 0.6) is 0 Å². The van der Waals surface area contributed by atoms with E-state index in [1.807, 2.05) is 0 Å². The van der Waals surface area contributed by atoms with E-state index in [1.54, 1.807) is 19.1 Å². The molecule has 0 amide bonds. The molecule has 1 aromatic rings. The van der Waals surface area contributed by atoms with Crippen molar-refractivity contribution in [2.75, 3.05) is 13.7 Å². The predicted molar refractivity (Wildman–Crippen MR) is 62.1 cm³/mol. The Hall–Kier alpha value is -0.710. The van der Waals surface area contributed by atoms with E-state index in [4.69, 9.17) is 5.73 Å².